The van der Waals surface area contributed by atoms with Crippen molar-refractivity contribution in [1.29, 1.82) is 0 Å². The van der Waals surface area contributed by atoms with E-state index >= 15 is 0 Å². The Hall–Kier alpha value is 2.06. The molecule has 0 fully saturated rings. The van der Waals surface area contributed by atoms with Gasteiger partial charge in [0.1, 0.15) is 16.7 Å². The summed E-state index contributed by atoms with van der Waals surface area (Å²) in [6.07, 6.45) is 15.4. The second-order valence-electron chi connectivity index (χ2n) is 13.3. The van der Waals surface area contributed by atoms with Gasteiger partial charge in [-0.25, -0.2) is 16.8 Å². The molecule has 2 aliphatic heterocycles. The number of allylic oxidation sites excluding steroid dienone is 8. The van der Waals surface area contributed by atoms with Gasteiger partial charge in [0.2, 0.25) is 5.69 Å². The molecule has 56 heavy (non-hydrogen) atoms. The Kier molecular flexibility index (Phi) is 26.0. The normalized spacial score (nSPS) is 16.7. The van der Waals surface area contributed by atoms with Crippen molar-refractivity contribution in [2.75, 3.05) is 29.5 Å². The van der Waals surface area contributed by atoms with Crippen LogP contribution >= 0.6 is 24.1 Å². The molecule has 290 valence electrons. The van der Waals surface area contributed by atoms with Crippen molar-refractivity contribution in [2.45, 2.75) is 74.0 Å². The van der Waals surface area contributed by atoms with E-state index in [0.717, 1.165) is 70.8 Å². The molecule has 0 aliphatic carbocycles. The Labute approximate surface area is 465 Å². The van der Waals surface area contributed by atoms with Crippen LogP contribution in [-0.4, -0.2) is 60.8 Å². The molecule has 0 N–H and O–H groups in total. The van der Waals surface area contributed by atoms with Crippen molar-refractivity contribution in [1.82, 2.24) is 0 Å². The number of anilines is 1. The first-order valence-corrected chi connectivity index (χ1v) is 21.2. The maximum Gasteiger partial charge on any atom is 1.00 e. The fourth-order valence-electron chi connectivity index (χ4n) is 6.57. The molecule has 21 heteroatoms. The maximum atomic E-state index is 11.8. The van der Waals surface area contributed by atoms with E-state index in [1.807, 2.05) is 68.5 Å². The zero-order valence-corrected chi connectivity index (χ0v) is 45.2. The quantitative estimate of drug-likeness (QED) is 0.0180. The van der Waals surface area contributed by atoms with Crippen LogP contribution in [0.2, 0.25) is 0 Å². The molecular weight excluding hydrogens is 886 g/mol. The maximum absolute atomic E-state index is 11.8. The fraction of sp³-hybridized carbons (Fsp3) is 0.400. The van der Waals surface area contributed by atoms with Crippen LogP contribution in [0, 0.1) is 0 Å². The summed E-state index contributed by atoms with van der Waals surface area (Å²) < 4.78 is 79.9. The average molecular weight is 927 g/mol. The third-order valence-electron chi connectivity index (χ3n) is 9.09. The minimum atomic E-state index is -4.65. The van der Waals surface area contributed by atoms with Crippen LogP contribution < -0.4 is 170 Å². The van der Waals surface area contributed by atoms with Crippen molar-refractivity contribution < 1.29 is 214 Å². The van der Waals surface area contributed by atoms with Gasteiger partial charge in [-0.2, -0.15) is 13.2 Å². The van der Waals surface area contributed by atoms with E-state index in [-0.39, 0.29) is 165 Å². The monoisotopic (exact) mass is 926 g/mol. The van der Waals surface area contributed by atoms with Gasteiger partial charge in [0.15, 0.2) is 5.71 Å². The topological polar surface area (TPSA) is 204 Å². The van der Waals surface area contributed by atoms with Gasteiger partial charge in [0.05, 0.1) is 32.5 Å². The Morgan fingerprint density at radius 2 is 1.46 bits per heavy atom. The van der Waals surface area contributed by atoms with Crippen molar-refractivity contribution >= 4 is 61.4 Å². The SMILES string of the molecule is CC1(C)C(=CC=CC=CC=CC2=[N+](CCCCS(=O)(=O)[O-])c3ccc(SOO[O-])cc3C2(C)C)N(CCCCSOO[O-])c2ccc(S(=O)(=O)[O-])cc21.[K+].[K+].[K+]. The first-order chi connectivity index (χ1) is 25.0. The van der Waals surface area contributed by atoms with Gasteiger partial charge in [-0.05, 0) is 75.1 Å². The van der Waals surface area contributed by atoms with Crippen molar-refractivity contribution in [3.8, 4) is 0 Å². The van der Waals surface area contributed by atoms with Gasteiger partial charge in [0, 0.05) is 75.9 Å². The number of hydrogen-bond donors (Lipinski definition) is 0. The predicted octanol–water partition coefficient (Wildman–Crippen LogP) is -4.46. The average Bonchev–Trinajstić information content (AvgIpc) is 3.43. The van der Waals surface area contributed by atoms with E-state index in [0.29, 0.717) is 30.2 Å². The Morgan fingerprint density at radius 1 is 0.786 bits per heavy atom. The second-order valence-corrected chi connectivity index (χ2v) is 17.7. The molecule has 0 aromatic heterocycles. The third-order valence-corrected chi connectivity index (χ3v) is 11.9. The molecule has 2 heterocycles. The number of fused-ring (bicyclic) bond motifs is 2. The predicted molar refractivity (Wildman–Crippen MR) is 195 cm³/mol. The van der Waals surface area contributed by atoms with E-state index < -0.39 is 36.8 Å². The van der Waals surface area contributed by atoms with Gasteiger partial charge >= 0.3 is 154 Å². The summed E-state index contributed by atoms with van der Waals surface area (Å²) in [5.41, 5.74) is 4.17. The molecular formula is C35H41K3N2O12S4. The molecule has 0 atom stereocenters. The van der Waals surface area contributed by atoms with Crippen LogP contribution in [-0.2, 0) is 49.8 Å². The minimum Gasteiger partial charge on any atom is -0.748 e. The van der Waals surface area contributed by atoms with Gasteiger partial charge < -0.3 is 24.5 Å². The van der Waals surface area contributed by atoms with Crippen molar-refractivity contribution in [3.05, 3.63) is 95.8 Å². The zero-order chi connectivity index (χ0) is 38.9. The van der Waals surface area contributed by atoms with Crippen LogP contribution in [0.1, 0.15) is 64.5 Å². The Morgan fingerprint density at radius 3 is 2.12 bits per heavy atom. The first-order valence-electron chi connectivity index (χ1n) is 16.6. The minimum absolute atomic E-state index is 0. The third kappa shape index (κ3) is 15.7. The van der Waals surface area contributed by atoms with E-state index in [9.17, 15) is 36.5 Å². The number of hydrogen-bond acceptors (Lipinski definition) is 15. The summed E-state index contributed by atoms with van der Waals surface area (Å²) in [4.78, 5) is 2.48. The van der Waals surface area contributed by atoms with Crippen LogP contribution in [0.25, 0.3) is 0 Å². The number of rotatable bonds is 20. The van der Waals surface area contributed by atoms with Gasteiger partial charge in [-0.15, -0.1) is 0 Å². The van der Waals surface area contributed by atoms with Gasteiger partial charge in [0.25, 0.3) is 0 Å². The molecule has 0 radical (unpaired) electrons. The van der Waals surface area contributed by atoms with E-state index in [4.69, 9.17) is 0 Å². The molecule has 0 saturated heterocycles. The first kappa shape index (κ1) is 56.1. The molecule has 2 aliphatic rings. The van der Waals surface area contributed by atoms with Crippen LogP contribution in [0.15, 0.2) is 94.4 Å². The van der Waals surface area contributed by atoms with Crippen LogP contribution in [0.5, 0.6) is 0 Å². The molecule has 0 unspecified atom stereocenters. The molecule has 2 aromatic rings. The van der Waals surface area contributed by atoms with Crippen LogP contribution in [0.3, 0.4) is 0 Å². The van der Waals surface area contributed by atoms with Crippen LogP contribution in [0.4, 0.5) is 11.4 Å². The van der Waals surface area contributed by atoms with Crippen molar-refractivity contribution in [3.63, 3.8) is 0 Å². The molecule has 0 amide bonds. The van der Waals surface area contributed by atoms with Gasteiger partial charge in [-0.1, -0.05) is 44.2 Å². The summed E-state index contributed by atoms with van der Waals surface area (Å²) in [5, 5.41) is 27.3. The summed E-state index contributed by atoms with van der Waals surface area (Å²) >= 11 is 1.71. The second kappa shape index (κ2) is 26.0. The standard InChI is InChI=1S/C35H44N2O12S4.3K/c1-34(2)28-24-26(51-49-47-39)16-18-30(28)37(21-11-13-23-52(40,41)42)32(34)14-8-6-5-7-9-15-33-35(3,4)29-25-27(53(43,44)45)17-19-31(29)36(33)20-10-12-22-50-48-46-38;;;/h5-9,14-19,24-25H,10-13,20-23H2,1-4H3,(H3-,38,39,40,41,42,43,44,45);;;/q;3*+1/p-3. The summed E-state index contributed by atoms with van der Waals surface area (Å²) in [6, 6.07) is 10.0. The molecule has 0 saturated carbocycles. The molecule has 14 nitrogen and oxygen atoms in total. The van der Waals surface area contributed by atoms with E-state index in [1.54, 1.807) is 12.1 Å². The van der Waals surface area contributed by atoms with E-state index in [2.05, 4.69) is 42.1 Å². The van der Waals surface area contributed by atoms with Crippen molar-refractivity contribution in [2.24, 2.45) is 0 Å². The summed E-state index contributed by atoms with van der Waals surface area (Å²) in [6.45, 7) is 9.12. The largest absolute Gasteiger partial charge is 1.00 e. The Balaban J connectivity index is 0.00000523. The number of nitrogens with zero attached hydrogens (tertiary/aromatic N) is 2. The van der Waals surface area contributed by atoms with E-state index in [1.165, 1.54) is 12.1 Å². The smallest absolute Gasteiger partial charge is 0.748 e. The summed E-state index contributed by atoms with van der Waals surface area (Å²) in [7, 11) is -8.97. The molecule has 0 spiro atoms. The fourth-order valence-corrected chi connectivity index (χ4v) is 8.45. The number of benzene rings is 2. The molecule has 4 rings (SSSR count). The molecule has 2 aromatic carbocycles. The summed E-state index contributed by atoms with van der Waals surface area (Å²) in [5.74, 6) is 0.101. The Bertz CT molecular complexity index is 2010. The van der Waals surface area contributed by atoms with Gasteiger partial charge in [-0.3, -0.25) is 10.1 Å². The number of unbranched alkanes of at least 4 members (excludes halogenated alkanes) is 2. The zero-order valence-electron chi connectivity index (χ0n) is 32.6. The molecule has 0 bridgehead atoms.